The summed E-state index contributed by atoms with van der Waals surface area (Å²) in [5.74, 6) is -1.11. The number of ether oxygens (including phenoxy) is 1. The zero-order chi connectivity index (χ0) is 30.9. The number of piperidine rings is 1. The second-order valence-electron chi connectivity index (χ2n) is 11.0. The molecule has 1 saturated heterocycles. The Kier molecular flexibility index (Phi) is 9.81. The summed E-state index contributed by atoms with van der Waals surface area (Å²) in [5.41, 5.74) is 0.766. The van der Waals surface area contributed by atoms with Gasteiger partial charge in [-0.25, -0.2) is 9.78 Å². The summed E-state index contributed by atoms with van der Waals surface area (Å²) in [6, 6.07) is 23.1. The Bertz CT molecular complexity index is 1510. The number of carbonyl (C=O) groups is 3. The van der Waals surface area contributed by atoms with Crippen molar-refractivity contribution >= 4 is 23.6 Å². The van der Waals surface area contributed by atoms with Crippen LogP contribution in [0.15, 0.2) is 102 Å². The van der Waals surface area contributed by atoms with Gasteiger partial charge in [0.25, 0.3) is 5.91 Å². The molecule has 1 unspecified atom stereocenters. The Hall–Kier alpha value is -4.83. The number of carbonyl (C=O) groups excluding carboxylic acids is 3. The third-order valence-corrected chi connectivity index (χ3v) is 8.29. The first-order valence-electron chi connectivity index (χ1n) is 14.7. The third kappa shape index (κ3) is 6.70. The van der Waals surface area contributed by atoms with E-state index in [0.717, 1.165) is 12.0 Å². The highest BCUT2D eigenvalue weighted by Gasteiger charge is 2.51. The summed E-state index contributed by atoms with van der Waals surface area (Å²) >= 11 is 0. The molecule has 44 heavy (non-hydrogen) atoms. The molecule has 10 heteroatoms. The van der Waals surface area contributed by atoms with Crippen LogP contribution >= 0.6 is 0 Å². The number of furan rings is 1. The van der Waals surface area contributed by atoms with Gasteiger partial charge >= 0.3 is 5.97 Å². The topological polar surface area (TPSA) is 109 Å². The maximum atomic E-state index is 13.9. The molecule has 228 valence electrons. The number of hydrogen-bond donors (Lipinski definition) is 0. The number of hydrogen-bond acceptors (Lipinski definition) is 8. The molecule has 0 radical (unpaired) electrons. The first kappa shape index (κ1) is 30.6. The van der Waals surface area contributed by atoms with E-state index in [-0.39, 0.29) is 30.3 Å². The van der Waals surface area contributed by atoms with Crippen LogP contribution in [0.5, 0.6) is 0 Å². The van der Waals surface area contributed by atoms with Crippen LogP contribution in [0.2, 0.25) is 0 Å². The fraction of sp³-hybridized carbons (Fsp3) is 0.324. The van der Waals surface area contributed by atoms with E-state index in [1.165, 1.54) is 42.4 Å². The van der Waals surface area contributed by atoms with Crippen LogP contribution in [0, 0.1) is 0 Å². The Morgan fingerprint density at radius 2 is 1.68 bits per heavy atom. The second kappa shape index (κ2) is 14.1. The van der Waals surface area contributed by atoms with Gasteiger partial charge in [0.05, 0.1) is 25.5 Å². The molecule has 3 heterocycles. The number of anilines is 1. The number of esters is 1. The lowest BCUT2D eigenvalue weighted by Crippen LogP contribution is -2.63. The minimum absolute atomic E-state index is 0.0334. The van der Waals surface area contributed by atoms with Crippen molar-refractivity contribution in [1.82, 2.24) is 19.8 Å². The number of rotatable bonds is 11. The van der Waals surface area contributed by atoms with Gasteiger partial charge in [-0.05, 0) is 42.5 Å². The van der Waals surface area contributed by atoms with Gasteiger partial charge in [0.2, 0.25) is 5.91 Å². The summed E-state index contributed by atoms with van der Waals surface area (Å²) in [5, 5.41) is 0. The number of benzene rings is 2. The number of likely N-dealkylation sites (tertiary alicyclic amines) is 1. The zero-order valence-corrected chi connectivity index (χ0v) is 25.0. The number of methoxy groups -OCH3 is 1. The van der Waals surface area contributed by atoms with Crippen LogP contribution < -0.4 is 4.90 Å². The van der Waals surface area contributed by atoms with E-state index in [9.17, 15) is 14.4 Å². The molecule has 1 aliphatic heterocycles. The summed E-state index contributed by atoms with van der Waals surface area (Å²) in [4.78, 5) is 55.1. The van der Waals surface area contributed by atoms with Crippen LogP contribution in [0.3, 0.4) is 0 Å². The molecule has 5 rings (SSSR count). The molecule has 10 nitrogen and oxygen atoms in total. The highest BCUT2D eigenvalue weighted by molar-refractivity contribution is 6.09. The molecule has 0 saturated carbocycles. The molecular formula is C34H37N5O5. The molecule has 2 aromatic heterocycles. The van der Waals surface area contributed by atoms with E-state index in [4.69, 9.17) is 9.15 Å². The van der Waals surface area contributed by atoms with E-state index in [1.807, 2.05) is 55.6 Å². The maximum Gasteiger partial charge on any atom is 0.332 e. The molecule has 1 fully saturated rings. The smallest absolute Gasteiger partial charge is 0.332 e. The van der Waals surface area contributed by atoms with Gasteiger partial charge in [0.1, 0.15) is 5.54 Å². The highest BCUT2D eigenvalue weighted by Crippen LogP contribution is 2.36. The van der Waals surface area contributed by atoms with E-state index in [1.54, 1.807) is 17.0 Å². The van der Waals surface area contributed by atoms with Crippen LogP contribution in [0.4, 0.5) is 5.82 Å². The van der Waals surface area contributed by atoms with Crippen molar-refractivity contribution in [3.63, 3.8) is 0 Å². The second-order valence-corrected chi connectivity index (χ2v) is 11.0. The quantitative estimate of drug-likeness (QED) is 0.237. The fourth-order valence-electron chi connectivity index (χ4n) is 5.84. The van der Waals surface area contributed by atoms with E-state index < -0.39 is 23.3 Å². The van der Waals surface area contributed by atoms with Crippen LogP contribution in [0.1, 0.15) is 40.4 Å². The predicted octanol–water partition coefficient (Wildman–Crippen LogP) is 4.21. The summed E-state index contributed by atoms with van der Waals surface area (Å²) in [6.07, 6.45) is 7.13. The van der Waals surface area contributed by atoms with Gasteiger partial charge in [-0.15, -0.1) is 0 Å². The lowest BCUT2D eigenvalue weighted by molar-refractivity contribution is -0.149. The van der Waals surface area contributed by atoms with E-state index in [2.05, 4.69) is 27.0 Å². The van der Waals surface area contributed by atoms with E-state index in [0.29, 0.717) is 26.2 Å². The summed E-state index contributed by atoms with van der Waals surface area (Å²) in [7, 11) is 3.16. The molecule has 2 aromatic carbocycles. The molecule has 1 atom stereocenters. The van der Waals surface area contributed by atoms with Gasteiger partial charge < -0.3 is 19.0 Å². The van der Waals surface area contributed by atoms with Crippen molar-refractivity contribution in [2.45, 2.75) is 30.7 Å². The fourth-order valence-corrected chi connectivity index (χ4v) is 5.84. The first-order valence-corrected chi connectivity index (χ1v) is 14.7. The number of likely N-dealkylation sites (N-methyl/N-ethyl adjacent to an activating group) is 1. The molecule has 1 aliphatic rings. The van der Waals surface area contributed by atoms with Crippen LogP contribution in [0.25, 0.3) is 0 Å². The highest BCUT2D eigenvalue weighted by atomic mass is 16.5. The van der Waals surface area contributed by atoms with Crippen molar-refractivity contribution in [2.75, 3.05) is 45.2 Å². The minimum atomic E-state index is -1.34. The van der Waals surface area contributed by atoms with Crippen molar-refractivity contribution < 1.29 is 23.5 Å². The first-order chi connectivity index (χ1) is 21.4. The Balaban J connectivity index is 1.37. The molecule has 0 aliphatic carbocycles. The average molecular weight is 596 g/mol. The average Bonchev–Trinajstić information content (AvgIpc) is 3.63. The molecule has 0 N–H and O–H groups in total. The molecular weight excluding hydrogens is 558 g/mol. The molecule has 2 amide bonds. The van der Waals surface area contributed by atoms with Gasteiger partial charge in [-0.3, -0.25) is 19.5 Å². The van der Waals surface area contributed by atoms with Gasteiger partial charge in [0.15, 0.2) is 11.6 Å². The van der Waals surface area contributed by atoms with Crippen molar-refractivity contribution in [2.24, 2.45) is 0 Å². The van der Waals surface area contributed by atoms with Crippen LogP contribution in [-0.2, 0) is 20.7 Å². The largest absolute Gasteiger partial charge is 0.467 e. The van der Waals surface area contributed by atoms with Crippen LogP contribution in [-0.4, -0.2) is 83.4 Å². The predicted molar refractivity (Wildman–Crippen MR) is 165 cm³/mol. The lowest BCUT2D eigenvalue weighted by atomic mass is 9.84. The number of nitrogens with zero attached hydrogens (tertiary/aromatic N) is 5. The van der Waals surface area contributed by atoms with Gasteiger partial charge in [-0.2, -0.15) is 0 Å². The standard InChI is InChI=1S/C34H37N5O5/c1-37(20-15-26-10-5-3-6-11-26)31(40)28(27-12-7-4-8-13-27)25-38-21-16-34(17-22-38,33(42)43-2)39(30-24-35-18-19-36-30)32(41)29-14-9-23-44-29/h3-14,18-19,23-24,28H,15-17,20-22,25H2,1-2H3. The van der Waals surface area contributed by atoms with Crippen molar-refractivity contribution in [3.05, 3.63) is 115 Å². The van der Waals surface area contributed by atoms with Crippen molar-refractivity contribution in [1.29, 1.82) is 0 Å². The summed E-state index contributed by atoms with van der Waals surface area (Å²) < 4.78 is 10.7. The number of amides is 2. The molecule has 0 bridgehead atoms. The Labute approximate surface area is 257 Å². The zero-order valence-electron chi connectivity index (χ0n) is 25.0. The monoisotopic (exact) mass is 595 g/mol. The number of aromatic nitrogens is 2. The Morgan fingerprint density at radius 3 is 2.30 bits per heavy atom. The maximum absolute atomic E-state index is 13.9. The Morgan fingerprint density at radius 1 is 0.977 bits per heavy atom. The third-order valence-electron chi connectivity index (χ3n) is 8.29. The molecule has 0 spiro atoms. The van der Waals surface area contributed by atoms with Gasteiger partial charge in [-0.1, -0.05) is 60.7 Å². The minimum Gasteiger partial charge on any atom is -0.467 e. The van der Waals surface area contributed by atoms with Crippen molar-refractivity contribution in [3.8, 4) is 0 Å². The normalized spacial score (nSPS) is 15.2. The van der Waals surface area contributed by atoms with Gasteiger partial charge in [0, 0.05) is 45.6 Å². The molecule has 4 aromatic rings. The lowest BCUT2D eigenvalue weighted by Gasteiger charge is -2.46. The van der Waals surface area contributed by atoms with E-state index >= 15 is 0 Å². The SMILES string of the molecule is COC(=O)C1(N(C(=O)c2ccco2)c2cnccn2)CCN(CC(C(=O)N(C)CCc2ccccc2)c2ccccc2)CC1. The summed E-state index contributed by atoms with van der Waals surface area (Å²) in [6.45, 7) is 1.95.